The van der Waals surface area contributed by atoms with Crippen LogP contribution >= 0.6 is 0 Å². The summed E-state index contributed by atoms with van der Waals surface area (Å²) in [6, 6.07) is 5.24. The van der Waals surface area contributed by atoms with Gasteiger partial charge in [-0.1, -0.05) is 0 Å². The second-order valence-corrected chi connectivity index (χ2v) is 7.64. The first kappa shape index (κ1) is 19.0. The quantitative estimate of drug-likeness (QED) is 0.796. The van der Waals surface area contributed by atoms with E-state index in [1.54, 1.807) is 18.2 Å². The fourth-order valence-corrected chi connectivity index (χ4v) is 3.02. The van der Waals surface area contributed by atoms with Crippen molar-refractivity contribution in [3.05, 3.63) is 18.2 Å². The molecule has 146 valence electrons. The van der Waals surface area contributed by atoms with Gasteiger partial charge in [0.05, 0.1) is 5.92 Å². The zero-order valence-electron chi connectivity index (χ0n) is 15.7. The molecule has 2 heterocycles. The van der Waals surface area contributed by atoms with Gasteiger partial charge in [-0.3, -0.25) is 14.4 Å². The number of benzene rings is 1. The maximum atomic E-state index is 12.4. The molecule has 1 atom stereocenters. The minimum Gasteiger partial charge on any atom is -0.486 e. The highest BCUT2D eigenvalue weighted by atomic mass is 16.6. The standard InChI is InChI=1S/C19H24N2O6/c1-19(2,3)20-16(22)11-27-18(24)12-8-17(23)21(10-12)13-4-5-14-15(9-13)26-7-6-25-14/h4-5,9,12H,6-8,10-11H2,1-3H3,(H,20,22)/t12-/m0/s1. The highest BCUT2D eigenvalue weighted by Gasteiger charge is 2.37. The average molecular weight is 376 g/mol. The van der Waals surface area contributed by atoms with Crippen LogP contribution in [0.3, 0.4) is 0 Å². The number of hydrogen-bond donors (Lipinski definition) is 1. The molecule has 0 aliphatic carbocycles. The third-order valence-corrected chi connectivity index (χ3v) is 4.16. The Labute approximate surface area is 157 Å². The highest BCUT2D eigenvalue weighted by molar-refractivity contribution is 5.99. The normalized spacial score (nSPS) is 19.0. The third-order valence-electron chi connectivity index (χ3n) is 4.16. The number of nitrogens with zero attached hydrogens (tertiary/aromatic N) is 1. The molecule has 3 rings (SSSR count). The number of amides is 2. The van der Waals surface area contributed by atoms with E-state index in [4.69, 9.17) is 14.2 Å². The average Bonchev–Trinajstić information content (AvgIpc) is 2.99. The van der Waals surface area contributed by atoms with Crippen molar-refractivity contribution in [1.82, 2.24) is 5.32 Å². The Bertz CT molecular complexity index is 755. The van der Waals surface area contributed by atoms with E-state index in [1.165, 1.54) is 4.90 Å². The SMILES string of the molecule is CC(C)(C)NC(=O)COC(=O)[C@H]1CC(=O)N(c2ccc3c(c2)OCCO3)C1. The fraction of sp³-hybridized carbons (Fsp3) is 0.526. The zero-order chi connectivity index (χ0) is 19.6. The van der Waals surface area contributed by atoms with Gasteiger partial charge in [-0.15, -0.1) is 0 Å². The van der Waals surface area contributed by atoms with Gasteiger partial charge in [-0.05, 0) is 32.9 Å². The van der Waals surface area contributed by atoms with E-state index < -0.39 is 17.4 Å². The first-order valence-corrected chi connectivity index (χ1v) is 8.90. The number of rotatable bonds is 4. The summed E-state index contributed by atoms with van der Waals surface area (Å²) in [4.78, 5) is 37.9. The van der Waals surface area contributed by atoms with Crippen molar-refractivity contribution in [2.24, 2.45) is 5.92 Å². The number of esters is 1. The molecule has 27 heavy (non-hydrogen) atoms. The fourth-order valence-electron chi connectivity index (χ4n) is 3.02. The Morgan fingerprint density at radius 1 is 1.22 bits per heavy atom. The van der Waals surface area contributed by atoms with Crippen molar-refractivity contribution < 1.29 is 28.6 Å². The number of fused-ring (bicyclic) bond motifs is 1. The van der Waals surface area contributed by atoms with Gasteiger partial charge in [0, 0.05) is 30.3 Å². The first-order chi connectivity index (χ1) is 12.7. The van der Waals surface area contributed by atoms with Crippen LogP contribution in [0.2, 0.25) is 0 Å². The Morgan fingerprint density at radius 3 is 2.63 bits per heavy atom. The van der Waals surface area contributed by atoms with Crippen LogP contribution in [-0.4, -0.2) is 49.7 Å². The van der Waals surface area contributed by atoms with Crippen LogP contribution in [0.25, 0.3) is 0 Å². The summed E-state index contributed by atoms with van der Waals surface area (Å²) in [5.74, 6) is -0.480. The van der Waals surface area contributed by atoms with Gasteiger partial charge in [-0.2, -0.15) is 0 Å². The Morgan fingerprint density at radius 2 is 1.93 bits per heavy atom. The van der Waals surface area contributed by atoms with Gasteiger partial charge >= 0.3 is 5.97 Å². The molecule has 1 saturated heterocycles. The van der Waals surface area contributed by atoms with E-state index in [1.807, 2.05) is 20.8 Å². The summed E-state index contributed by atoms with van der Waals surface area (Å²) < 4.78 is 16.1. The minimum absolute atomic E-state index is 0.0498. The molecule has 2 aliphatic heterocycles. The third kappa shape index (κ3) is 4.69. The lowest BCUT2D eigenvalue weighted by Gasteiger charge is -2.22. The topological polar surface area (TPSA) is 94.2 Å². The molecule has 1 N–H and O–H groups in total. The second kappa shape index (κ2) is 7.46. The van der Waals surface area contributed by atoms with Crippen LogP contribution in [0.1, 0.15) is 27.2 Å². The van der Waals surface area contributed by atoms with Crippen LogP contribution in [0.15, 0.2) is 18.2 Å². The lowest BCUT2D eigenvalue weighted by molar-refractivity contribution is -0.152. The monoisotopic (exact) mass is 376 g/mol. The van der Waals surface area contributed by atoms with Crippen LogP contribution < -0.4 is 19.7 Å². The molecule has 1 aromatic carbocycles. The van der Waals surface area contributed by atoms with E-state index in [0.717, 1.165) is 0 Å². The highest BCUT2D eigenvalue weighted by Crippen LogP contribution is 2.36. The van der Waals surface area contributed by atoms with Gasteiger partial charge in [0.2, 0.25) is 5.91 Å². The molecule has 1 aromatic rings. The molecule has 0 aromatic heterocycles. The molecule has 0 bridgehead atoms. The summed E-state index contributed by atoms with van der Waals surface area (Å²) in [7, 11) is 0. The van der Waals surface area contributed by atoms with Crippen molar-refractivity contribution in [3.8, 4) is 11.5 Å². The van der Waals surface area contributed by atoms with E-state index in [-0.39, 0.29) is 31.4 Å². The van der Waals surface area contributed by atoms with E-state index >= 15 is 0 Å². The molecule has 0 saturated carbocycles. The Balaban J connectivity index is 1.58. The van der Waals surface area contributed by atoms with Crippen molar-refractivity contribution in [2.45, 2.75) is 32.7 Å². The maximum Gasteiger partial charge on any atom is 0.311 e. The number of nitrogens with one attached hydrogen (secondary N) is 1. The van der Waals surface area contributed by atoms with Crippen LogP contribution in [0, 0.1) is 5.92 Å². The van der Waals surface area contributed by atoms with Crippen LogP contribution in [0.5, 0.6) is 11.5 Å². The number of carbonyl (C=O) groups is 3. The molecular formula is C19H24N2O6. The maximum absolute atomic E-state index is 12.4. The lowest BCUT2D eigenvalue weighted by atomic mass is 10.1. The van der Waals surface area contributed by atoms with Gasteiger partial charge < -0.3 is 24.4 Å². The molecule has 2 amide bonds. The number of hydrogen-bond acceptors (Lipinski definition) is 6. The predicted octanol–water partition coefficient (Wildman–Crippen LogP) is 1.27. The van der Waals surface area contributed by atoms with Crippen LogP contribution in [-0.2, 0) is 19.1 Å². The number of ether oxygens (including phenoxy) is 3. The molecular weight excluding hydrogens is 352 g/mol. The molecule has 8 nitrogen and oxygen atoms in total. The smallest absolute Gasteiger partial charge is 0.311 e. The van der Waals surface area contributed by atoms with E-state index in [9.17, 15) is 14.4 Å². The molecule has 0 radical (unpaired) electrons. The van der Waals surface area contributed by atoms with Gasteiger partial charge in [-0.25, -0.2) is 0 Å². The van der Waals surface area contributed by atoms with E-state index in [0.29, 0.717) is 30.4 Å². The number of anilines is 1. The van der Waals surface area contributed by atoms with Crippen molar-refractivity contribution in [1.29, 1.82) is 0 Å². The Kier molecular flexibility index (Phi) is 5.25. The summed E-state index contributed by atoms with van der Waals surface area (Å²) in [5.41, 5.74) is 0.243. The van der Waals surface area contributed by atoms with E-state index in [2.05, 4.69) is 5.32 Å². The largest absolute Gasteiger partial charge is 0.486 e. The van der Waals surface area contributed by atoms with Gasteiger partial charge in [0.15, 0.2) is 18.1 Å². The lowest BCUT2D eigenvalue weighted by Crippen LogP contribution is -2.43. The second-order valence-electron chi connectivity index (χ2n) is 7.64. The molecule has 1 fully saturated rings. The van der Waals surface area contributed by atoms with Gasteiger partial charge in [0.1, 0.15) is 13.2 Å². The van der Waals surface area contributed by atoms with Gasteiger partial charge in [0.25, 0.3) is 5.91 Å². The van der Waals surface area contributed by atoms with Crippen LogP contribution in [0.4, 0.5) is 5.69 Å². The number of carbonyl (C=O) groups excluding carboxylic acids is 3. The Hall–Kier alpha value is -2.77. The predicted molar refractivity (Wildman–Crippen MR) is 96.7 cm³/mol. The summed E-state index contributed by atoms with van der Waals surface area (Å²) in [6.45, 7) is 6.32. The molecule has 8 heteroatoms. The molecule has 2 aliphatic rings. The summed E-state index contributed by atoms with van der Waals surface area (Å²) >= 11 is 0. The van der Waals surface area contributed by atoms with Crippen molar-refractivity contribution >= 4 is 23.5 Å². The molecule has 0 unspecified atom stereocenters. The van der Waals surface area contributed by atoms with Crippen molar-refractivity contribution in [2.75, 3.05) is 31.3 Å². The van der Waals surface area contributed by atoms with Crippen molar-refractivity contribution in [3.63, 3.8) is 0 Å². The molecule has 0 spiro atoms. The summed E-state index contributed by atoms with van der Waals surface area (Å²) in [5, 5.41) is 2.72. The zero-order valence-corrected chi connectivity index (χ0v) is 15.7. The minimum atomic E-state index is -0.604. The first-order valence-electron chi connectivity index (χ1n) is 8.90. The summed E-state index contributed by atoms with van der Waals surface area (Å²) in [6.07, 6.45) is 0.0498.